The van der Waals surface area contributed by atoms with Gasteiger partial charge in [0.05, 0.1) is 6.04 Å². The van der Waals surface area contributed by atoms with Crippen LogP contribution in [0.3, 0.4) is 0 Å². The third kappa shape index (κ3) is 6.45. The average Bonchev–Trinajstić information content (AvgIpc) is 2.61. The van der Waals surface area contributed by atoms with Gasteiger partial charge in [-0.05, 0) is 32.4 Å². The number of aryl methyl sites for hydroxylation is 1. The molecule has 1 aromatic rings. The maximum Gasteiger partial charge on any atom is 0.320 e. The van der Waals surface area contributed by atoms with Crippen LogP contribution in [-0.2, 0) is 16.0 Å². The second-order valence-corrected chi connectivity index (χ2v) is 6.57. The minimum Gasteiger partial charge on any atom is -0.480 e. The number of amides is 1. The van der Waals surface area contributed by atoms with Crippen LogP contribution in [0.15, 0.2) is 30.3 Å². The van der Waals surface area contributed by atoms with Crippen LogP contribution < -0.4 is 10.7 Å². The molecule has 1 saturated heterocycles. The van der Waals surface area contributed by atoms with Gasteiger partial charge < -0.3 is 10.0 Å². The maximum atomic E-state index is 12.3. The predicted octanol–water partition coefficient (Wildman–Crippen LogP) is 0.329. The van der Waals surface area contributed by atoms with E-state index in [1.165, 1.54) is 0 Å². The van der Waals surface area contributed by atoms with Crippen LogP contribution in [0.2, 0.25) is 0 Å². The number of piperazine rings is 1. The number of hydrogen-bond donors (Lipinski definition) is 3. The standard InChI is InChI=1S/C18H28N4O3/c1-14(17(23)20-22-12-10-21(2)11-13-22)19-16(18(24)25)9-8-15-6-4-3-5-7-15/h3-7,14,16,19H,8-13H2,1-2H3,(H,20,23)(H,24,25)/t14-,16-/m0/s1. The minimum atomic E-state index is -0.935. The van der Waals surface area contributed by atoms with Crippen molar-refractivity contribution >= 4 is 11.9 Å². The first-order chi connectivity index (χ1) is 12.0. The van der Waals surface area contributed by atoms with E-state index in [1.54, 1.807) is 6.92 Å². The normalized spacial score (nSPS) is 18.5. The van der Waals surface area contributed by atoms with Gasteiger partial charge in [-0.3, -0.25) is 20.3 Å². The molecule has 1 aliphatic heterocycles. The van der Waals surface area contributed by atoms with Crippen LogP contribution in [0.5, 0.6) is 0 Å². The monoisotopic (exact) mass is 348 g/mol. The van der Waals surface area contributed by atoms with E-state index in [9.17, 15) is 14.7 Å². The first kappa shape index (κ1) is 19.4. The lowest BCUT2D eigenvalue weighted by molar-refractivity contribution is -0.140. The van der Waals surface area contributed by atoms with Crippen LogP contribution in [0, 0.1) is 0 Å². The summed E-state index contributed by atoms with van der Waals surface area (Å²) in [5.74, 6) is -1.13. The molecular formula is C18H28N4O3. The molecule has 0 bridgehead atoms. The molecule has 25 heavy (non-hydrogen) atoms. The average molecular weight is 348 g/mol. The molecule has 1 heterocycles. The van der Waals surface area contributed by atoms with E-state index < -0.39 is 18.1 Å². The maximum absolute atomic E-state index is 12.3. The highest BCUT2D eigenvalue weighted by Crippen LogP contribution is 2.06. The number of carboxylic acid groups (broad SMARTS) is 1. The molecule has 0 radical (unpaired) electrons. The number of nitrogens with zero attached hydrogens (tertiary/aromatic N) is 2. The molecule has 0 spiro atoms. The Bertz CT molecular complexity index is 559. The fraction of sp³-hybridized carbons (Fsp3) is 0.556. The number of carboxylic acids is 1. The van der Waals surface area contributed by atoms with Crippen molar-refractivity contribution in [3.63, 3.8) is 0 Å². The molecule has 2 rings (SSSR count). The summed E-state index contributed by atoms with van der Waals surface area (Å²) < 4.78 is 0. The number of hydrogen-bond acceptors (Lipinski definition) is 5. The van der Waals surface area contributed by atoms with Crippen LogP contribution in [0.4, 0.5) is 0 Å². The number of benzene rings is 1. The van der Waals surface area contributed by atoms with Crippen molar-refractivity contribution in [3.05, 3.63) is 35.9 Å². The van der Waals surface area contributed by atoms with Crippen molar-refractivity contribution in [2.24, 2.45) is 0 Å². The van der Waals surface area contributed by atoms with E-state index in [-0.39, 0.29) is 5.91 Å². The Hall–Kier alpha value is -1.96. The number of carbonyl (C=O) groups is 2. The summed E-state index contributed by atoms with van der Waals surface area (Å²) in [5, 5.41) is 14.2. The summed E-state index contributed by atoms with van der Waals surface area (Å²) in [6.07, 6.45) is 1.09. The van der Waals surface area contributed by atoms with Gasteiger partial charge in [0.2, 0.25) is 0 Å². The molecular weight excluding hydrogens is 320 g/mol. The zero-order valence-corrected chi connectivity index (χ0v) is 14.9. The molecule has 2 atom stereocenters. The molecule has 0 saturated carbocycles. The number of carbonyl (C=O) groups excluding carboxylic acids is 1. The fourth-order valence-corrected chi connectivity index (χ4v) is 2.78. The van der Waals surface area contributed by atoms with Crippen molar-refractivity contribution in [2.45, 2.75) is 31.8 Å². The molecule has 1 aromatic carbocycles. The molecule has 138 valence electrons. The van der Waals surface area contributed by atoms with E-state index >= 15 is 0 Å². The van der Waals surface area contributed by atoms with Gasteiger partial charge in [0, 0.05) is 26.2 Å². The van der Waals surface area contributed by atoms with Gasteiger partial charge in [0.25, 0.3) is 5.91 Å². The van der Waals surface area contributed by atoms with Crippen LogP contribution in [-0.4, -0.2) is 72.2 Å². The van der Waals surface area contributed by atoms with Crippen LogP contribution >= 0.6 is 0 Å². The summed E-state index contributed by atoms with van der Waals surface area (Å²) in [6, 6.07) is 8.42. The van der Waals surface area contributed by atoms with Gasteiger partial charge in [0.15, 0.2) is 0 Å². The van der Waals surface area contributed by atoms with E-state index in [1.807, 2.05) is 42.4 Å². The van der Waals surface area contributed by atoms with Crippen LogP contribution in [0.25, 0.3) is 0 Å². The molecule has 0 aromatic heterocycles. The second-order valence-electron chi connectivity index (χ2n) is 6.57. The quantitative estimate of drug-likeness (QED) is 0.628. The Morgan fingerprint density at radius 2 is 1.80 bits per heavy atom. The number of aliphatic carboxylic acids is 1. The Labute approximate surface area is 149 Å². The highest BCUT2D eigenvalue weighted by atomic mass is 16.4. The number of rotatable bonds is 8. The van der Waals surface area contributed by atoms with Crippen molar-refractivity contribution in [1.82, 2.24) is 20.7 Å². The van der Waals surface area contributed by atoms with Gasteiger partial charge in [0.1, 0.15) is 6.04 Å². The molecule has 0 unspecified atom stereocenters. The fourth-order valence-electron chi connectivity index (χ4n) is 2.78. The molecule has 7 heteroatoms. The predicted molar refractivity (Wildman–Crippen MR) is 96.0 cm³/mol. The third-order valence-corrected chi connectivity index (χ3v) is 4.48. The highest BCUT2D eigenvalue weighted by molar-refractivity contribution is 5.82. The van der Waals surface area contributed by atoms with E-state index in [0.29, 0.717) is 12.8 Å². The molecule has 1 aliphatic rings. The Balaban J connectivity index is 1.81. The van der Waals surface area contributed by atoms with Gasteiger partial charge in [-0.2, -0.15) is 0 Å². The topological polar surface area (TPSA) is 84.9 Å². The van der Waals surface area contributed by atoms with Crippen LogP contribution in [0.1, 0.15) is 18.9 Å². The third-order valence-electron chi connectivity index (χ3n) is 4.48. The molecule has 1 amide bonds. The summed E-state index contributed by atoms with van der Waals surface area (Å²) in [5.41, 5.74) is 3.96. The van der Waals surface area contributed by atoms with E-state index in [2.05, 4.69) is 15.6 Å². The van der Waals surface area contributed by atoms with E-state index in [4.69, 9.17) is 0 Å². The first-order valence-electron chi connectivity index (χ1n) is 8.72. The van der Waals surface area contributed by atoms with Gasteiger partial charge in [-0.15, -0.1) is 0 Å². The lowest BCUT2D eigenvalue weighted by atomic mass is 10.0. The second kappa shape index (κ2) is 9.50. The van der Waals surface area contributed by atoms with Crippen molar-refractivity contribution in [2.75, 3.05) is 33.2 Å². The highest BCUT2D eigenvalue weighted by Gasteiger charge is 2.24. The SMILES string of the molecule is C[C@H](N[C@@H](CCc1ccccc1)C(=O)O)C(=O)NN1CCN(C)CC1. The lowest BCUT2D eigenvalue weighted by Gasteiger charge is -2.33. The Morgan fingerprint density at radius 1 is 1.16 bits per heavy atom. The molecule has 1 fully saturated rings. The van der Waals surface area contributed by atoms with Crippen molar-refractivity contribution in [3.8, 4) is 0 Å². The molecule has 3 N–H and O–H groups in total. The minimum absolute atomic E-state index is 0.199. The summed E-state index contributed by atoms with van der Waals surface area (Å²) in [6.45, 7) is 5.04. The molecule has 7 nitrogen and oxygen atoms in total. The van der Waals surface area contributed by atoms with Gasteiger partial charge in [-0.25, -0.2) is 5.01 Å². The zero-order chi connectivity index (χ0) is 18.2. The Morgan fingerprint density at radius 3 is 2.40 bits per heavy atom. The largest absolute Gasteiger partial charge is 0.480 e. The first-order valence-corrected chi connectivity index (χ1v) is 8.72. The number of hydrazine groups is 1. The van der Waals surface area contributed by atoms with Crippen molar-refractivity contribution in [1.29, 1.82) is 0 Å². The lowest BCUT2D eigenvalue weighted by Crippen LogP contribution is -2.57. The summed E-state index contributed by atoms with van der Waals surface area (Å²) in [4.78, 5) is 26.0. The van der Waals surface area contributed by atoms with E-state index in [0.717, 1.165) is 31.7 Å². The summed E-state index contributed by atoms with van der Waals surface area (Å²) >= 11 is 0. The smallest absolute Gasteiger partial charge is 0.320 e. The number of nitrogens with one attached hydrogen (secondary N) is 2. The van der Waals surface area contributed by atoms with Gasteiger partial charge in [-0.1, -0.05) is 30.3 Å². The molecule has 0 aliphatic carbocycles. The Kier molecular flexibility index (Phi) is 7.36. The van der Waals surface area contributed by atoms with Gasteiger partial charge >= 0.3 is 5.97 Å². The van der Waals surface area contributed by atoms with Crippen molar-refractivity contribution < 1.29 is 14.7 Å². The zero-order valence-electron chi connectivity index (χ0n) is 14.9. The number of likely N-dealkylation sites (N-methyl/N-ethyl adjacent to an activating group) is 1. The summed E-state index contributed by atoms with van der Waals surface area (Å²) in [7, 11) is 2.05.